The van der Waals surface area contributed by atoms with E-state index in [0.29, 0.717) is 12.3 Å². The van der Waals surface area contributed by atoms with Crippen LogP contribution in [0.3, 0.4) is 0 Å². The van der Waals surface area contributed by atoms with Crippen LogP contribution in [0, 0.1) is 5.92 Å². The first-order valence-corrected chi connectivity index (χ1v) is 4.79. The smallest absolute Gasteiger partial charge is 0.0935 e. The molecule has 2 nitrogen and oxygen atoms in total. The Labute approximate surface area is 79.6 Å². The van der Waals surface area contributed by atoms with Crippen LogP contribution in [0.2, 0.25) is 0 Å². The third-order valence-electron chi connectivity index (χ3n) is 2.82. The first-order chi connectivity index (χ1) is 6.06. The van der Waals surface area contributed by atoms with Gasteiger partial charge in [0.05, 0.1) is 18.1 Å². The van der Waals surface area contributed by atoms with E-state index in [1.165, 1.54) is 0 Å². The summed E-state index contributed by atoms with van der Waals surface area (Å²) in [7, 11) is 0. The van der Waals surface area contributed by atoms with Gasteiger partial charge in [-0.05, 0) is 24.5 Å². The van der Waals surface area contributed by atoms with Crippen molar-refractivity contribution in [2.75, 3.05) is 0 Å². The van der Waals surface area contributed by atoms with E-state index < -0.39 is 5.60 Å². The van der Waals surface area contributed by atoms with Crippen LogP contribution < -0.4 is 0 Å². The first-order valence-electron chi connectivity index (χ1n) is 4.79. The van der Waals surface area contributed by atoms with Crippen molar-refractivity contribution < 1.29 is 9.52 Å². The van der Waals surface area contributed by atoms with Crippen molar-refractivity contribution in [3.05, 3.63) is 24.2 Å². The zero-order valence-electron chi connectivity index (χ0n) is 8.58. The van der Waals surface area contributed by atoms with Crippen molar-refractivity contribution in [1.29, 1.82) is 0 Å². The number of furan rings is 1. The average molecular weight is 182 g/mol. The van der Waals surface area contributed by atoms with Crippen LogP contribution in [0.1, 0.15) is 32.8 Å². The van der Waals surface area contributed by atoms with Gasteiger partial charge in [0.25, 0.3) is 0 Å². The van der Waals surface area contributed by atoms with Crippen LogP contribution in [-0.2, 0) is 6.42 Å². The van der Waals surface area contributed by atoms with Crippen LogP contribution in [-0.4, -0.2) is 10.7 Å². The Bertz CT molecular complexity index is 237. The fraction of sp³-hybridized carbons (Fsp3) is 0.636. The molecule has 0 bridgehead atoms. The molecule has 0 aliphatic heterocycles. The van der Waals surface area contributed by atoms with Gasteiger partial charge in [-0.25, -0.2) is 0 Å². The van der Waals surface area contributed by atoms with Gasteiger partial charge in [-0.2, -0.15) is 0 Å². The molecule has 1 N–H and O–H groups in total. The monoisotopic (exact) mass is 182 g/mol. The Morgan fingerprint density at radius 1 is 1.62 bits per heavy atom. The highest BCUT2D eigenvalue weighted by atomic mass is 16.3. The summed E-state index contributed by atoms with van der Waals surface area (Å²) in [5, 5.41) is 10.1. The van der Waals surface area contributed by atoms with Crippen LogP contribution in [0.15, 0.2) is 23.0 Å². The standard InChI is InChI=1S/C11H18O2/c1-4-9(2)11(3,12)7-10-5-6-13-8-10/h5-6,8-9,12H,4,7H2,1-3H3. The summed E-state index contributed by atoms with van der Waals surface area (Å²) in [6.45, 7) is 6.04. The molecule has 0 spiro atoms. The summed E-state index contributed by atoms with van der Waals surface area (Å²) in [6, 6.07) is 1.90. The van der Waals surface area contributed by atoms with Crippen LogP contribution in [0.25, 0.3) is 0 Å². The fourth-order valence-electron chi connectivity index (χ4n) is 1.42. The highest BCUT2D eigenvalue weighted by molar-refractivity contribution is 5.09. The third kappa shape index (κ3) is 2.59. The third-order valence-corrected chi connectivity index (χ3v) is 2.82. The van der Waals surface area contributed by atoms with Gasteiger partial charge in [0.2, 0.25) is 0 Å². The second-order valence-electron chi connectivity index (χ2n) is 3.97. The minimum atomic E-state index is -0.626. The largest absolute Gasteiger partial charge is 0.472 e. The minimum absolute atomic E-state index is 0.308. The van der Waals surface area contributed by atoms with Crippen LogP contribution in [0.5, 0.6) is 0 Å². The highest BCUT2D eigenvalue weighted by Crippen LogP contribution is 2.24. The predicted octanol–water partition coefficient (Wildman–Crippen LogP) is 2.62. The van der Waals surface area contributed by atoms with Gasteiger partial charge in [0, 0.05) is 6.42 Å². The van der Waals surface area contributed by atoms with E-state index in [-0.39, 0.29) is 0 Å². The molecule has 74 valence electrons. The zero-order valence-corrected chi connectivity index (χ0v) is 8.58. The molecule has 0 amide bonds. The highest BCUT2D eigenvalue weighted by Gasteiger charge is 2.27. The Morgan fingerprint density at radius 3 is 2.77 bits per heavy atom. The first kappa shape index (κ1) is 10.3. The topological polar surface area (TPSA) is 33.4 Å². The van der Waals surface area contributed by atoms with E-state index in [9.17, 15) is 5.11 Å². The predicted molar refractivity (Wildman–Crippen MR) is 52.5 cm³/mol. The van der Waals surface area contributed by atoms with E-state index >= 15 is 0 Å². The molecular formula is C11H18O2. The molecule has 0 saturated carbocycles. The molecule has 1 rings (SSSR count). The maximum Gasteiger partial charge on any atom is 0.0935 e. The molecule has 13 heavy (non-hydrogen) atoms. The molecule has 0 saturated heterocycles. The Hall–Kier alpha value is -0.760. The summed E-state index contributed by atoms with van der Waals surface area (Å²) in [6.07, 6.45) is 4.99. The lowest BCUT2D eigenvalue weighted by Crippen LogP contribution is -2.34. The quantitative estimate of drug-likeness (QED) is 0.776. The normalized spacial score (nSPS) is 18.2. The van der Waals surface area contributed by atoms with Gasteiger partial charge in [0.1, 0.15) is 0 Å². The van der Waals surface area contributed by atoms with E-state index in [0.717, 1.165) is 12.0 Å². The minimum Gasteiger partial charge on any atom is -0.472 e. The summed E-state index contributed by atoms with van der Waals surface area (Å²) in [5.41, 5.74) is 0.434. The van der Waals surface area contributed by atoms with E-state index in [2.05, 4.69) is 13.8 Å². The van der Waals surface area contributed by atoms with Gasteiger partial charge in [-0.15, -0.1) is 0 Å². The number of hydrogen-bond acceptors (Lipinski definition) is 2. The molecule has 0 aromatic carbocycles. The lowest BCUT2D eigenvalue weighted by atomic mass is 9.84. The SMILES string of the molecule is CCC(C)C(C)(O)Cc1ccoc1. The van der Waals surface area contributed by atoms with Crippen LogP contribution in [0.4, 0.5) is 0 Å². The molecule has 1 aromatic heterocycles. The molecule has 0 fully saturated rings. The molecule has 0 aliphatic rings. The molecular weight excluding hydrogens is 164 g/mol. The van der Waals surface area contributed by atoms with Crippen molar-refractivity contribution in [3.63, 3.8) is 0 Å². The molecule has 1 heterocycles. The second-order valence-corrected chi connectivity index (χ2v) is 3.97. The Morgan fingerprint density at radius 2 is 2.31 bits per heavy atom. The number of aliphatic hydroxyl groups is 1. The zero-order chi connectivity index (χ0) is 9.90. The molecule has 2 atom stereocenters. The maximum absolute atomic E-state index is 10.1. The van der Waals surface area contributed by atoms with Gasteiger partial charge in [-0.1, -0.05) is 20.3 Å². The molecule has 1 aromatic rings. The number of hydrogen-bond donors (Lipinski definition) is 1. The molecule has 0 aliphatic carbocycles. The fourth-order valence-corrected chi connectivity index (χ4v) is 1.42. The average Bonchev–Trinajstić information content (AvgIpc) is 2.54. The van der Waals surface area contributed by atoms with E-state index in [4.69, 9.17) is 4.42 Å². The summed E-state index contributed by atoms with van der Waals surface area (Å²) in [5.74, 6) is 0.308. The van der Waals surface area contributed by atoms with Gasteiger partial charge >= 0.3 is 0 Å². The van der Waals surface area contributed by atoms with Gasteiger partial charge in [-0.3, -0.25) is 0 Å². The summed E-state index contributed by atoms with van der Waals surface area (Å²) < 4.78 is 4.96. The summed E-state index contributed by atoms with van der Waals surface area (Å²) >= 11 is 0. The van der Waals surface area contributed by atoms with Gasteiger partial charge in [0.15, 0.2) is 0 Å². The maximum atomic E-state index is 10.1. The van der Waals surface area contributed by atoms with Crippen molar-refractivity contribution >= 4 is 0 Å². The molecule has 0 radical (unpaired) electrons. The molecule has 2 heteroatoms. The van der Waals surface area contributed by atoms with E-state index in [1.54, 1.807) is 12.5 Å². The van der Waals surface area contributed by atoms with E-state index in [1.807, 2.05) is 13.0 Å². The number of rotatable bonds is 4. The lowest BCUT2D eigenvalue weighted by Gasteiger charge is -2.29. The van der Waals surface area contributed by atoms with Crippen molar-refractivity contribution in [3.8, 4) is 0 Å². The van der Waals surface area contributed by atoms with Crippen molar-refractivity contribution in [2.24, 2.45) is 5.92 Å². The van der Waals surface area contributed by atoms with Gasteiger partial charge < -0.3 is 9.52 Å². The Kier molecular flexibility index (Phi) is 3.15. The Balaban J connectivity index is 2.61. The summed E-state index contributed by atoms with van der Waals surface area (Å²) in [4.78, 5) is 0. The molecule has 2 unspecified atom stereocenters. The second kappa shape index (κ2) is 3.97. The lowest BCUT2D eigenvalue weighted by molar-refractivity contribution is 0.00505. The van der Waals surface area contributed by atoms with Crippen molar-refractivity contribution in [1.82, 2.24) is 0 Å². The van der Waals surface area contributed by atoms with Crippen LogP contribution >= 0.6 is 0 Å². The van der Waals surface area contributed by atoms with Crippen molar-refractivity contribution in [2.45, 2.75) is 39.2 Å².